The van der Waals surface area contributed by atoms with Gasteiger partial charge in [0.05, 0.1) is 6.61 Å². The van der Waals surface area contributed by atoms with Crippen LogP contribution in [0.4, 0.5) is 0 Å². The second kappa shape index (κ2) is 5.46. The molecule has 0 aromatic rings. The van der Waals surface area contributed by atoms with E-state index in [1.807, 2.05) is 6.92 Å². The van der Waals surface area contributed by atoms with Gasteiger partial charge in [-0.25, -0.2) is 0 Å². The minimum absolute atomic E-state index is 0.00190. The van der Waals surface area contributed by atoms with Gasteiger partial charge in [-0.05, 0) is 18.9 Å². The van der Waals surface area contributed by atoms with Crippen molar-refractivity contribution in [2.24, 2.45) is 0 Å². The molecular weight excluding hydrogens is 206 g/mol. The van der Waals surface area contributed by atoms with Crippen molar-refractivity contribution in [3.63, 3.8) is 0 Å². The first-order chi connectivity index (χ1) is 7.62. The molecule has 1 amide bonds. The Bertz CT molecular complexity index is 267. The molecule has 0 aromatic carbocycles. The van der Waals surface area contributed by atoms with E-state index in [9.17, 15) is 4.79 Å². The van der Waals surface area contributed by atoms with Gasteiger partial charge >= 0.3 is 0 Å². The van der Waals surface area contributed by atoms with Gasteiger partial charge in [0.15, 0.2) is 0 Å². The summed E-state index contributed by atoms with van der Waals surface area (Å²) in [6, 6.07) is 0. The summed E-state index contributed by atoms with van der Waals surface area (Å²) in [5.74, 6) is -1.01. The number of nitrogens with zero attached hydrogens (tertiary/aromatic N) is 1. The molecule has 1 aliphatic rings. The smallest absolute Gasteiger partial charge is 0.282 e. The van der Waals surface area contributed by atoms with Crippen molar-refractivity contribution < 1.29 is 14.3 Å². The maximum absolute atomic E-state index is 11.6. The third-order valence-corrected chi connectivity index (χ3v) is 2.70. The summed E-state index contributed by atoms with van der Waals surface area (Å²) in [6.45, 7) is 8.18. The number of hydrogen-bond acceptors (Lipinski definition) is 3. The van der Waals surface area contributed by atoms with E-state index in [4.69, 9.17) is 9.47 Å². The van der Waals surface area contributed by atoms with Crippen LogP contribution in [0.2, 0.25) is 0 Å². The van der Waals surface area contributed by atoms with E-state index < -0.39 is 5.91 Å². The summed E-state index contributed by atoms with van der Waals surface area (Å²) in [5.41, 5.74) is 0. The summed E-state index contributed by atoms with van der Waals surface area (Å²) in [5, 5.41) is 0. The molecule has 1 fully saturated rings. The van der Waals surface area contributed by atoms with Crippen LogP contribution in [-0.2, 0) is 14.3 Å². The highest BCUT2D eigenvalue weighted by molar-refractivity contribution is 5.87. The summed E-state index contributed by atoms with van der Waals surface area (Å²) < 4.78 is 11.2. The molecule has 1 saturated heterocycles. The molecule has 0 spiro atoms. The molecule has 0 N–H and O–H groups in total. The maximum Gasteiger partial charge on any atom is 0.282 e. The molecule has 2 atom stereocenters. The quantitative estimate of drug-likeness (QED) is 0.379. The zero-order chi connectivity index (χ0) is 12.2. The number of hydrogen-bond donors (Lipinski definition) is 0. The Morgan fingerprint density at radius 1 is 1.56 bits per heavy atom. The summed E-state index contributed by atoms with van der Waals surface area (Å²) in [6.07, 6.45) is 4.09. The molecule has 0 aromatic heterocycles. The van der Waals surface area contributed by atoms with Crippen LogP contribution in [0.25, 0.3) is 0 Å². The monoisotopic (exact) mass is 227 g/mol. The molecule has 1 aliphatic heterocycles. The van der Waals surface area contributed by atoms with Crippen molar-refractivity contribution in [2.75, 3.05) is 13.7 Å². The highest BCUT2D eigenvalue weighted by Crippen LogP contribution is 2.43. The fourth-order valence-corrected chi connectivity index (χ4v) is 1.73. The van der Waals surface area contributed by atoms with E-state index in [1.165, 1.54) is 11.0 Å². The Morgan fingerprint density at radius 3 is 2.75 bits per heavy atom. The fourth-order valence-electron chi connectivity index (χ4n) is 1.73. The van der Waals surface area contributed by atoms with Crippen LogP contribution in [-0.4, -0.2) is 36.5 Å². The zero-order valence-corrected chi connectivity index (χ0v) is 10.4. The van der Waals surface area contributed by atoms with Gasteiger partial charge in [0.25, 0.3) is 5.91 Å². The Balaban J connectivity index is 2.66. The highest BCUT2D eigenvalue weighted by Gasteiger charge is 2.62. The first-order valence-corrected chi connectivity index (χ1v) is 5.84. The SMILES string of the molecule is C=CC(=O)N(C)C1(OCCC)OC1CCC. The molecule has 0 aliphatic carbocycles. The van der Waals surface area contributed by atoms with Gasteiger partial charge in [0, 0.05) is 7.05 Å². The van der Waals surface area contributed by atoms with E-state index in [2.05, 4.69) is 13.5 Å². The number of carbonyl (C=O) groups excluding carboxylic acids is 1. The van der Waals surface area contributed by atoms with E-state index >= 15 is 0 Å². The van der Waals surface area contributed by atoms with Crippen molar-refractivity contribution in [3.05, 3.63) is 12.7 Å². The van der Waals surface area contributed by atoms with Crippen molar-refractivity contribution in [1.82, 2.24) is 4.90 Å². The predicted molar refractivity (Wildman–Crippen MR) is 61.7 cm³/mol. The average Bonchev–Trinajstić information content (AvgIpc) is 2.99. The first-order valence-electron chi connectivity index (χ1n) is 5.84. The molecule has 4 nitrogen and oxygen atoms in total. The Morgan fingerprint density at radius 2 is 2.25 bits per heavy atom. The van der Waals surface area contributed by atoms with Crippen LogP contribution < -0.4 is 0 Å². The number of rotatable bonds is 7. The molecule has 2 unspecified atom stereocenters. The first kappa shape index (κ1) is 13.2. The molecule has 4 heteroatoms. The van der Waals surface area contributed by atoms with E-state index in [-0.39, 0.29) is 12.0 Å². The van der Waals surface area contributed by atoms with Crippen LogP contribution in [0.5, 0.6) is 0 Å². The Kier molecular flexibility index (Phi) is 4.50. The fraction of sp³-hybridized carbons (Fsp3) is 0.750. The lowest BCUT2D eigenvalue weighted by molar-refractivity contribution is -0.164. The van der Waals surface area contributed by atoms with Crippen molar-refractivity contribution in [2.45, 2.75) is 45.1 Å². The molecule has 0 radical (unpaired) electrons. The van der Waals surface area contributed by atoms with Crippen LogP contribution in [0.3, 0.4) is 0 Å². The zero-order valence-electron chi connectivity index (χ0n) is 10.4. The van der Waals surface area contributed by atoms with Crippen molar-refractivity contribution >= 4 is 5.91 Å². The summed E-state index contributed by atoms with van der Waals surface area (Å²) in [4.78, 5) is 13.1. The molecule has 1 heterocycles. The second-order valence-corrected chi connectivity index (χ2v) is 3.98. The lowest BCUT2D eigenvalue weighted by Crippen LogP contribution is -2.43. The van der Waals surface area contributed by atoms with Gasteiger partial charge in [0.1, 0.15) is 6.10 Å². The highest BCUT2D eigenvalue weighted by atomic mass is 16.8. The average molecular weight is 227 g/mol. The van der Waals surface area contributed by atoms with Gasteiger partial charge in [-0.1, -0.05) is 26.8 Å². The molecule has 92 valence electrons. The van der Waals surface area contributed by atoms with Gasteiger partial charge in [0.2, 0.25) is 5.91 Å². The van der Waals surface area contributed by atoms with Gasteiger partial charge in [-0.3, -0.25) is 9.69 Å². The van der Waals surface area contributed by atoms with Gasteiger partial charge in [-0.15, -0.1) is 0 Å². The lowest BCUT2D eigenvalue weighted by atomic mass is 10.2. The molecule has 1 rings (SSSR count). The van der Waals surface area contributed by atoms with Crippen molar-refractivity contribution in [3.8, 4) is 0 Å². The minimum atomic E-state index is -0.836. The predicted octanol–water partition coefficient (Wildman–Crippen LogP) is 1.91. The second-order valence-electron chi connectivity index (χ2n) is 3.98. The van der Waals surface area contributed by atoms with Crippen LogP contribution in [0.15, 0.2) is 12.7 Å². The van der Waals surface area contributed by atoms with Gasteiger partial charge < -0.3 is 9.47 Å². The molecule has 0 bridgehead atoms. The largest absolute Gasteiger partial charge is 0.331 e. The Labute approximate surface area is 97.2 Å². The standard InChI is InChI=1S/C12H21NO3/c1-5-8-10-12(16-10,15-9-6-2)13(4)11(14)7-3/h7,10H,3,5-6,8-9H2,1-2,4H3. The van der Waals surface area contributed by atoms with Crippen LogP contribution in [0.1, 0.15) is 33.1 Å². The minimum Gasteiger partial charge on any atom is -0.331 e. The number of amides is 1. The molecule has 0 saturated carbocycles. The topological polar surface area (TPSA) is 42.1 Å². The van der Waals surface area contributed by atoms with E-state index in [0.29, 0.717) is 6.61 Å². The van der Waals surface area contributed by atoms with Crippen LogP contribution >= 0.6 is 0 Å². The Hall–Kier alpha value is -0.870. The number of likely N-dealkylation sites (N-methyl/N-ethyl adjacent to an activating group) is 1. The summed E-state index contributed by atoms with van der Waals surface area (Å²) >= 11 is 0. The lowest BCUT2D eigenvalue weighted by Gasteiger charge is -2.24. The van der Waals surface area contributed by atoms with Crippen LogP contribution in [0, 0.1) is 0 Å². The van der Waals surface area contributed by atoms with Gasteiger partial charge in [-0.2, -0.15) is 0 Å². The summed E-state index contributed by atoms with van der Waals surface area (Å²) in [7, 11) is 1.69. The molecule has 16 heavy (non-hydrogen) atoms. The number of ether oxygens (including phenoxy) is 2. The van der Waals surface area contributed by atoms with Crippen molar-refractivity contribution in [1.29, 1.82) is 0 Å². The van der Waals surface area contributed by atoms with E-state index in [0.717, 1.165) is 19.3 Å². The molecular formula is C12H21NO3. The number of carbonyl (C=O) groups is 1. The number of epoxide rings is 1. The maximum atomic E-state index is 11.6. The third kappa shape index (κ3) is 2.44. The van der Waals surface area contributed by atoms with E-state index in [1.54, 1.807) is 7.05 Å². The normalized spacial score (nSPS) is 27.6. The third-order valence-electron chi connectivity index (χ3n) is 2.70.